The maximum atomic E-state index is 13.0. The average Bonchev–Trinajstić information content (AvgIpc) is 2.56. The molecule has 0 aliphatic heterocycles. The van der Waals surface area contributed by atoms with E-state index < -0.39 is 11.4 Å². The second kappa shape index (κ2) is 6.45. The van der Waals surface area contributed by atoms with Crippen LogP contribution in [0.5, 0.6) is 5.75 Å². The third-order valence-corrected chi connectivity index (χ3v) is 4.13. The second-order valence-electron chi connectivity index (χ2n) is 7.59. The summed E-state index contributed by atoms with van der Waals surface area (Å²) in [4.78, 5) is 25.4. The first-order valence-corrected chi connectivity index (χ1v) is 8.53. The lowest BCUT2D eigenvalue weighted by atomic mass is 9.97. The van der Waals surface area contributed by atoms with Gasteiger partial charge in [-0.1, -0.05) is 35.9 Å². The zero-order valence-electron chi connectivity index (χ0n) is 15.7. The Morgan fingerprint density at radius 2 is 1.58 bits per heavy atom. The van der Waals surface area contributed by atoms with Gasteiger partial charge in [-0.15, -0.1) is 0 Å². The molecule has 3 aromatic rings. The number of esters is 1. The number of hydrogen-bond acceptors (Lipinski definition) is 4. The summed E-state index contributed by atoms with van der Waals surface area (Å²) in [5.74, 6) is -0.277. The zero-order valence-corrected chi connectivity index (χ0v) is 15.7. The molecule has 3 rings (SSSR count). The summed E-state index contributed by atoms with van der Waals surface area (Å²) in [5.41, 5.74) is 2.14. The molecule has 0 spiro atoms. The Hall–Kier alpha value is -2.88. The van der Waals surface area contributed by atoms with Crippen molar-refractivity contribution in [3.8, 4) is 17.1 Å². The first-order valence-electron chi connectivity index (χ1n) is 8.53. The van der Waals surface area contributed by atoms with E-state index in [0.717, 1.165) is 11.1 Å². The normalized spacial score (nSPS) is 11.6. The van der Waals surface area contributed by atoms with Crippen molar-refractivity contribution in [2.24, 2.45) is 5.41 Å². The lowest BCUT2D eigenvalue weighted by molar-refractivity contribution is -0.143. The van der Waals surface area contributed by atoms with Gasteiger partial charge in [-0.25, -0.2) is 0 Å². The van der Waals surface area contributed by atoms with Crippen LogP contribution in [-0.2, 0) is 4.79 Å². The minimum atomic E-state index is -0.737. The Balaban J connectivity index is 2.28. The van der Waals surface area contributed by atoms with Crippen LogP contribution in [-0.4, -0.2) is 5.97 Å². The Bertz CT molecular complexity index is 1030. The monoisotopic (exact) mass is 350 g/mol. The van der Waals surface area contributed by atoms with Crippen LogP contribution in [0.3, 0.4) is 0 Å². The Kier molecular flexibility index (Phi) is 4.45. The van der Waals surface area contributed by atoms with Crippen molar-refractivity contribution in [3.05, 3.63) is 63.8 Å². The maximum absolute atomic E-state index is 13.0. The average molecular weight is 350 g/mol. The first-order chi connectivity index (χ1) is 12.2. The first kappa shape index (κ1) is 17.9. The predicted octanol–water partition coefficient (Wildman–Crippen LogP) is 5.03. The summed E-state index contributed by atoms with van der Waals surface area (Å²) in [6.45, 7) is 9.13. The molecule has 1 heterocycles. The SMILES string of the molecule is Cc1ccc(-c2oc3cc(C)ccc3c(=O)c2OC(=O)C(C)(C)C)cc1. The van der Waals surface area contributed by atoms with Gasteiger partial charge in [0, 0.05) is 5.56 Å². The van der Waals surface area contributed by atoms with Gasteiger partial charge < -0.3 is 9.15 Å². The van der Waals surface area contributed by atoms with Gasteiger partial charge >= 0.3 is 5.97 Å². The third kappa shape index (κ3) is 3.40. The predicted molar refractivity (Wildman–Crippen MR) is 102 cm³/mol. The molecule has 0 unspecified atom stereocenters. The number of rotatable bonds is 2. The van der Waals surface area contributed by atoms with E-state index in [9.17, 15) is 9.59 Å². The summed E-state index contributed by atoms with van der Waals surface area (Å²) in [5, 5.41) is 0.392. The molecule has 0 bridgehead atoms. The molecule has 0 radical (unpaired) electrons. The molecule has 2 aromatic carbocycles. The Morgan fingerprint density at radius 1 is 0.962 bits per heavy atom. The molecule has 0 aliphatic rings. The van der Waals surface area contributed by atoms with E-state index in [1.54, 1.807) is 26.8 Å². The molecule has 134 valence electrons. The van der Waals surface area contributed by atoms with E-state index >= 15 is 0 Å². The maximum Gasteiger partial charge on any atom is 0.316 e. The van der Waals surface area contributed by atoms with Crippen molar-refractivity contribution < 1.29 is 13.9 Å². The number of hydrogen-bond donors (Lipinski definition) is 0. The highest BCUT2D eigenvalue weighted by Crippen LogP contribution is 2.32. The molecule has 0 saturated carbocycles. The highest BCUT2D eigenvalue weighted by Gasteiger charge is 2.28. The van der Waals surface area contributed by atoms with Crippen LogP contribution in [0.4, 0.5) is 0 Å². The smallest absolute Gasteiger partial charge is 0.316 e. The Labute approximate surface area is 152 Å². The number of carbonyl (C=O) groups is 1. The van der Waals surface area contributed by atoms with E-state index in [2.05, 4.69) is 0 Å². The summed E-state index contributed by atoms with van der Waals surface area (Å²) in [6, 6.07) is 12.9. The highest BCUT2D eigenvalue weighted by molar-refractivity contribution is 5.85. The minimum absolute atomic E-state index is 0.0647. The summed E-state index contributed by atoms with van der Waals surface area (Å²) < 4.78 is 11.5. The molecule has 1 aromatic heterocycles. The quantitative estimate of drug-likeness (QED) is 0.608. The van der Waals surface area contributed by atoms with Gasteiger partial charge in [-0.3, -0.25) is 9.59 Å². The largest absolute Gasteiger partial charge is 0.452 e. The van der Waals surface area contributed by atoms with Crippen molar-refractivity contribution in [2.45, 2.75) is 34.6 Å². The summed E-state index contributed by atoms with van der Waals surface area (Å²) >= 11 is 0. The van der Waals surface area contributed by atoms with Gasteiger partial charge in [0.25, 0.3) is 0 Å². The van der Waals surface area contributed by atoms with Gasteiger partial charge in [0.2, 0.25) is 11.2 Å². The summed E-state index contributed by atoms with van der Waals surface area (Å²) in [6.07, 6.45) is 0. The number of benzene rings is 2. The molecule has 26 heavy (non-hydrogen) atoms. The van der Waals surface area contributed by atoms with Gasteiger partial charge in [0.15, 0.2) is 5.76 Å². The number of carbonyl (C=O) groups excluding carboxylic acids is 1. The van der Waals surface area contributed by atoms with Crippen molar-refractivity contribution in [1.82, 2.24) is 0 Å². The summed E-state index contributed by atoms with van der Waals surface area (Å²) in [7, 11) is 0. The number of aryl methyl sites for hydroxylation is 2. The van der Waals surface area contributed by atoms with E-state index in [4.69, 9.17) is 9.15 Å². The van der Waals surface area contributed by atoms with Crippen molar-refractivity contribution in [2.75, 3.05) is 0 Å². The van der Waals surface area contributed by atoms with Crippen LogP contribution < -0.4 is 10.2 Å². The van der Waals surface area contributed by atoms with Crippen LogP contribution in [0.25, 0.3) is 22.3 Å². The molecule has 4 heteroatoms. The zero-order chi connectivity index (χ0) is 19.1. The van der Waals surface area contributed by atoms with Gasteiger partial charge in [0.05, 0.1) is 10.8 Å². The fourth-order valence-corrected chi connectivity index (χ4v) is 2.52. The van der Waals surface area contributed by atoms with Crippen LogP contribution in [0.1, 0.15) is 31.9 Å². The highest BCUT2D eigenvalue weighted by atomic mass is 16.5. The number of ether oxygens (including phenoxy) is 1. The van der Waals surface area contributed by atoms with E-state index in [0.29, 0.717) is 16.5 Å². The lowest BCUT2D eigenvalue weighted by Crippen LogP contribution is -2.28. The second-order valence-corrected chi connectivity index (χ2v) is 7.59. The van der Waals surface area contributed by atoms with E-state index in [1.807, 2.05) is 50.2 Å². The standard InChI is InChI=1S/C22H22O4/c1-13-6-9-15(10-7-13)19-20(26-21(24)22(3,4)5)18(23)16-11-8-14(2)12-17(16)25-19/h6-12H,1-5H3. The van der Waals surface area contributed by atoms with Crippen molar-refractivity contribution >= 4 is 16.9 Å². The Morgan fingerprint density at radius 3 is 2.19 bits per heavy atom. The van der Waals surface area contributed by atoms with Crippen molar-refractivity contribution in [3.63, 3.8) is 0 Å². The molecule has 0 saturated heterocycles. The molecule has 0 aliphatic carbocycles. The van der Waals surface area contributed by atoms with Crippen LogP contribution in [0, 0.1) is 19.3 Å². The van der Waals surface area contributed by atoms with Gasteiger partial charge in [0.1, 0.15) is 5.58 Å². The fraction of sp³-hybridized carbons (Fsp3) is 0.273. The number of fused-ring (bicyclic) bond motifs is 1. The van der Waals surface area contributed by atoms with E-state index in [1.165, 1.54) is 0 Å². The van der Waals surface area contributed by atoms with Gasteiger partial charge in [-0.05, 0) is 52.3 Å². The molecule has 0 amide bonds. The lowest BCUT2D eigenvalue weighted by Gasteiger charge is -2.17. The van der Waals surface area contributed by atoms with Crippen LogP contribution >= 0.6 is 0 Å². The third-order valence-electron chi connectivity index (χ3n) is 4.13. The molecule has 0 N–H and O–H groups in total. The van der Waals surface area contributed by atoms with E-state index in [-0.39, 0.29) is 16.9 Å². The molecule has 4 nitrogen and oxygen atoms in total. The molecule has 0 fully saturated rings. The van der Waals surface area contributed by atoms with Crippen LogP contribution in [0.2, 0.25) is 0 Å². The topological polar surface area (TPSA) is 56.5 Å². The molecular weight excluding hydrogens is 328 g/mol. The minimum Gasteiger partial charge on any atom is -0.452 e. The van der Waals surface area contributed by atoms with Crippen molar-refractivity contribution in [1.29, 1.82) is 0 Å². The fourth-order valence-electron chi connectivity index (χ4n) is 2.52. The van der Waals surface area contributed by atoms with Crippen LogP contribution in [0.15, 0.2) is 51.7 Å². The molecular formula is C22H22O4. The molecule has 0 atom stereocenters. The van der Waals surface area contributed by atoms with Gasteiger partial charge in [-0.2, -0.15) is 0 Å².